The van der Waals surface area contributed by atoms with Crippen molar-refractivity contribution in [3.63, 3.8) is 0 Å². The summed E-state index contributed by atoms with van der Waals surface area (Å²) in [6.45, 7) is 3.03. The molecule has 0 heterocycles. The van der Waals surface area contributed by atoms with E-state index in [1.165, 1.54) is 0 Å². The molecule has 0 aliphatic heterocycles. The van der Waals surface area contributed by atoms with Crippen molar-refractivity contribution < 1.29 is 14.7 Å². The van der Waals surface area contributed by atoms with Gasteiger partial charge in [0.1, 0.15) is 0 Å². The first-order chi connectivity index (χ1) is 8.54. The standard InChI is InChI=1S/C13H24N2O3/c1-2-10(5-8-14)3-4-11(16)15-9-13(6-7-13)12(17)18/h10H,2-9,14H2,1H3,(H,15,16)(H,17,18). The Kier molecular flexibility index (Phi) is 5.59. The Bertz CT molecular complexity index is 301. The topological polar surface area (TPSA) is 92.4 Å². The van der Waals surface area contributed by atoms with Crippen molar-refractivity contribution in [2.75, 3.05) is 13.1 Å². The molecule has 0 bridgehead atoms. The van der Waals surface area contributed by atoms with E-state index < -0.39 is 11.4 Å². The quantitative estimate of drug-likeness (QED) is 0.576. The molecule has 1 aliphatic carbocycles. The first-order valence-electron chi connectivity index (χ1n) is 6.74. The van der Waals surface area contributed by atoms with Crippen LogP contribution in [0.2, 0.25) is 0 Å². The fraction of sp³-hybridized carbons (Fsp3) is 0.846. The molecule has 5 heteroatoms. The molecule has 1 aliphatic rings. The summed E-state index contributed by atoms with van der Waals surface area (Å²) in [6, 6.07) is 0. The lowest BCUT2D eigenvalue weighted by atomic mass is 9.96. The van der Waals surface area contributed by atoms with Crippen LogP contribution in [0.5, 0.6) is 0 Å². The van der Waals surface area contributed by atoms with E-state index in [0.717, 1.165) is 19.3 Å². The van der Waals surface area contributed by atoms with Crippen LogP contribution in [-0.4, -0.2) is 30.1 Å². The lowest BCUT2D eigenvalue weighted by molar-refractivity contribution is -0.143. The van der Waals surface area contributed by atoms with Gasteiger partial charge < -0.3 is 16.2 Å². The highest BCUT2D eigenvalue weighted by molar-refractivity contribution is 5.80. The third kappa shape index (κ3) is 4.29. The molecule has 0 aromatic rings. The number of nitrogens with one attached hydrogen (secondary N) is 1. The van der Waals surface area contributed by atoms with Gasteiger partial charge in [0.25, 0.3) is 0 Å². The van der Waals surface area contributed by atoms with Crippen LogP contribution in [0.15, 0.2) is 0 Å². The molecular formula is C13H24N2O3. The van der Waals surface area contributed by atoms with Crippen LogP contribution in [0.25, 0.3) is 0 Å². The lowest BCUT2D eigenvalue weighted by Crippen LogP contribution is -2.34. The molecule has 1 atom stereocenters. The molecule has 104 valence electrons. The van der Waals surface area contributed by atoms with Crippen LogP contribution in [-0.2, 0) is 9.59 Å². The second-order valence-corrected chi connectivity index (χ2v) is 5.25. The summed E-state index contributed by atoms with van der Waals surface area (Å²) < 4.78 is 0. The molecule has 1 saturated carbocycles. The second-order valence-electron chi connectivity index (χ2n) is 5.25. The molecule has 5 nitrogen and oxygen atoms in total. The summed E-state index contributed by atoms with van der Waals surface area (Å²) in [7, 11) is 0. The van der Waals surface area contributed by atoms with E-state index in [-0.39, 0.29) is 12.5 Å². The molecular weight excluding hydrogens is 232 g/mol. The summed E-state index contributed by atoms with van der Waals surface area (Å²) >= 11 is 0. The third-order valence-corrected chi connectivity index (χ3v) is 3.86. The van der Waals surface area contributed by atoms with Gasteiger partial charge in [0.15, 0.2) is 0 Å². The molecule has 4 N–H and O–H groups in total. The summed E-state index contributed by atoms with van der Waals surface area (Å²) in [6.07, 6.45) is 4.63. The number of amides is 1. The largest absolute Gasteiger partial charge is 0.481 e. The fourth-order valence-corrected chi connectivity index (χ4v) is 2.10. The maximum absolute atomic E-state index is 11.6. The minimum absolute atomic E-state index is 0.0435. The maximum atomic E-state index is 11.6. The van der Waals surface area contributed by atoms with Crippen LogP contribution in [0.4, 0.5) is 0 Å². The van der Waals surface area contributed by atoms with Crippen molar-refractivity contribution in [1.82, 2.24) is 5.32 Å². The summed E-state index contributed by atoms with van der Waals surface area (Å²) in [4.78, 5) is 22.6. The van der Waals surface area contributed by atoms with Crippen molar-refractivity contribution in [3.05, 3.63) is 0 Å². The van der Waals surface area contributed by atoms with Gasteiger partial charge in [-0.2, -0.15) is 0 Å². The van der Waals surface area contributed by atoms with Gasteiger partial charge in [0, 0.05) is 13.0 Å². The Morgan fingerprint density at radius 1 is 1.39 bits per heavy atom. The zero-order valence-electron chi connectivity index (χ0n) is 11.1. The number of hydrogen-bond acceptors (Lipinski definition) is 3. The molecule has 1 rings (SSSR count). The molecule has 1 unspecified atom stereocenters. The van der Waals surface area contributed by atoms with E-state index in [0.29, 0.717) is 31.7 Å². The number of carbonyl (C=O) groups is 2. The van der Waals surface area contributed by atoms with Crippen molar-refractivity contribution in [3.8, 4) is 0 Å². The zero-order valence-corrected chi connectivity index (χ0v) is 11.1. The van der Waals surface area contributed by atoms with E-state index in [1.807, 2.05) is 0 Å². The summed E-state index contributed by atoms with van der Waals surface area (Å²) in [5.74, 6) is -0.342. The number of carbonyl (C=O) groups excluding carboxylic acids is 1. The van der Waals surface area contributed by atoms with Gasteiger partial charge in [-0.05, 0) is 38.1 Å². The lowest BCUT2D eigenvalue weighted by Gasteiger charge is -2.14. The molecule has 0 spiro atoms. The van der Waals surface area contributed by atoms with E-state index >= 15 is 0 Å². The summed E-state index contributed by atoms with van der Waals surface area (Å²) in [5.41, 5.74) is 4.83. The van der Waals surface area contributed by atoms with Crippen LogP contribution in [0.1, 0.15) is 45.4 Å². The Hall–Kier alpha value is -1.10. The highest BCUT2D eigenvalue weighted by Crippen LogP contribution is 2.45. The van der Waals surface area contributed by atoms with E-state index in [1.54, 1.807) is 0 Å². The Balaban J connectivity index is 2.20. The predicted octanol–water partition coefficient (Wildman–Crippen LogP) is 1.12. The van der Waals surface area contributed by atoms with Gasteiger partial charge in [-0.3, -0.25) is 9.59 Å². The smallest absolute Gasteiger partial charge is 0.311 e. The van der Waals surface area contributed by atoms with E-state index in [2.05, 4.69) is 12.2 Å². The number of hydrogen-bond donors (Lipinski definition) is 3. The molecule has 0 saturated heterocycles. The van der Waals surface area contributed by atoms with Crippen molar-refractivity contribution >= 4 is 11.9 Å². The molecule has 1 fully saturated rings. The van der Waals surface area contributed by atoms with E-state index in [9.17, 15) is 9.59 Å². The van der Waals surface area contributed by atoms with Crippen LogP contribution < -0.4 is 11.1 Å². The average Bonchev–Trinajstić information content (AvgIpc) is 3.13. The Morgan fingerprint density at radius 3 is 2.50 bits per heavy atom. The maximum Gasteiger partial charge on any atom is 0.311 e. The fourth-order valence-electron chi connectivity index (χ4n) is 2.10. The van der Waals surface area contributed by atoms with Gasteiger partial charge in [-0.1, -0.05) is 13.3 Å². The third-order valence-electron chi connectivity index (χ3n) is 3.86. The predicted molar refractivity (Wildman–Crippen MR) is 69.0 cm³/mol. The number of rotatable bonds is 9. The van der Waals surface area contributed by atoms with Gasteiger partial charge in [-0.15, -0.1) is 0 Å². The van der Waals surface area contributed by atoms with Crippen LogP contribution >= 0.6 is 0 Å². The average molecular weight is 256 g/mol. The molecule has 1 amide bonds. The van der Waals surface area contributed by atoms with Gasteiger partial charge >= 0.3 is 5.97 Å². The highest BCUT2D eigenvalue weighted by atomic mass is 16.4. The number of carboxylic acids is 1. The number of carboxylic acid groups (broad SMARTS) is 1. The van der Waals surface area contributed by atoms with Gasteiger partial charge in [0.05, 0.1) is 5.41 Å². The van der Waals surface area contributed by atoms with Gasteiger partial charge in [0.2, 0.25) is 5.91 Å². The first kappa shape index (κ1) is 15.0. The molecule has 0 aromatic heterocycles. The van der Waals surface area contributed by atoms with Crippen molar-refractivity contribution in [2.24, 2.45) is 17.1 Å². The highest BCUT2D eigenvalue weighted by Gasteiger charge is 2.50. The van der Waals surface area contributed by atoms with Gasteiger partial charge in [-0.25, -0.2) is 0 Å². The van der Waals surface area contributed by atoms with Crippen molar-refractivity contribution in [2.45, 2.75) is 45.4 Å². The molecule has 18 heavy (non-hydrogen) atoms. The number of aliphatic carboxylic acids is 1. The van der Waals surface area contributed by atoms with Crippen LogP contribution in [0, 0.1) is 11.3 Å². The van der Waals surface area contributed by atoms with Crippen molar-refractivity contribution in [1.29, 1.82) is 0 Å². The Morgan fingerprint density at radius 2 is 2.06 bits per heavy atom. The minimum Gasteiger partial charge on any atom is -0.481 e. The minimum atomic E-state index is -0.794. The molecule has 0 radical (unpaired) electrons. The number of nitrogens with two attached hydrogens (primary N) is 1. The Labute approximate surface area is 108 Å². The zero-order chi connectivity index (χ0) is 13.6. The van der Waals surface area contributed by atoms with Crippen LogP contribution in [0.3, 0.4) is 0 Å². The summed E-state index contributed by atoms with van der Waals surface area (Å²) in [5, 5.41) is 11.7. The molecule has 0 aromatic carbocycles. The second kappa shape index (κ2) is 6.73. The SMILES string of the molecule is CCC(CCN)CCC(=O)NCC1(C(=O)O)CC1. The first-order valence-corrected chi connectivity index (χ1v) is 6.74. The van der Waals surface area contributed by atoms with E-state index in [4.69, 9.17) is 10.8 Å². The normalized spacial score (nSPS) is 18.1. The monoisotopic (exact) mass is 256 g/mol.